The second-order valence-electron chi connectivity index (χ2n) is 26.0. The van der Waals surface area contributed by atoms with Crippen molar-refractivity contribution in [1.82, 2.24) is 4.40 Å². The maximum atomic E-state index is 15.5. The van der Waals surface area contributed by atoms with Crippen LogP contribution in [0.25, 0.3) is 82.2 Å². The summed E-state index contributed by atoms with van der Waals surface area (Å²) in [6.45, 7) is 40.0. The Morgan fingerprint density at radius 1 is 0.239 bits per heavy atom. The van der Waals surface area contributed by atoms with Gasteiger partial charge in [0.2, 0.25) is 0 Å². The van der Waals surface area contributed by atoms with Gasteiger partial charge in [-0.25, -0.2) is 0 Å². The maximum Gasteiger partial charge on any atom is 0.197 e. The summed E-state index contributed by atoms with van der Waals surface area (Å²) in [5.41, 5.74) is 12.8. The van der Waals surface area contributed by atoms with E-state index in [1.165, 1.54) is 33.4 Å². The van der Waals surface area contributed by atoms with Gasteiger partial charge in [-0.15, -0.1) is 0 Å². The SMILES string of the molecule is CC(C)(C)c1cc(-c2cc3c(=O)c4cc(-c5cc(C(C)(C)C)cc(C(C)(C)C)c5)cc5c(=O)c6cc(-c7cc(C(C)(C)C)cc(C(C)(C)C)c7)cc7c(=O)c(c2)c3n(c45)c76)cc(C(C)(C)C)c1. The molecule has 0 spiro atoms. The van der Waals surface area contributed by atoms with Crippen LogP contribution in [0.4, 0.5) is 0 Å². The third-order valence-corrected chi connectivity index (χ3v) is 14.5. The van der Waals surface area contributed by atoms with E-state index in [9.17, 15) is 0 Å². The van der Waals surface area contributed by atoms with Crippen molar-refractivity contribution in [2.45, 2.75) is 157 Å². The lowest BCUT2D eigenvalue weighted by Crippen LogP contribution is -2.20. The molecule has 0 aliphatic carbocycles. The van der Waals surface area contributed by atoms with Crippen LogP contribution in [0.15, 0.2) is 105 Å². The number of rotatable bonds is 3. The van der Waals surface area contributed by atoms with Crippen LogP contribution in [-0.4, -0.2) is 4.40 Å². The lowest BCUT2D eigenvalue weighted by molar-refractivity contribution is 0.568. The first-order valence-electron chi connectivity index (χ1n) is 24.2. The van der Waals surface area contributed by atoms with Crippen molar-refractivity contribution in [2.24, 2.45) is 0 Å². The van der Waals surface area contributed by atoms with Gasteiger partial charge < -0.3 is 4.40 Å². The Bertz CT molecular complexity index is 3080. The van der Waals surface area contributed by atoms with Crippen molar-refractivity contribution in [3.05, 3.63) is 155 Å². The highest BCUT2D eigenvalue weighted by Gasteiger charge is 2.29. The second kappa shape index (κ2) is 14.6. The van der Waals surface area contributed by atoms with E-state index >= 15 is 14.4 Å². The van der Waals surface area contributed by atoms with E-state index in [1.807, 2.05) is 36.4 Å². The molecule has 0 unspecified atom stereocenters. The minimum absolute atomic E-state index is 0.143. The molecule has 67 heavy (non-hydrogen) atoms. The molecule has 0 saturated heterocycles. The molecule has 0 N–H and O–H groups in total. The number of pyridine rings is 3. The van der Waals surface area contributed by atoms with Gasteiger partial charge in [-0.3, -0.25) is 14.4 Å². The standard InChI is InChI=1S/C63H69NO3/c1-58(2,3)40-19-34(20-41(31-40)59(4,5)6)37-25-46-52-47(26-37)56(66)49-28-39(36-23-44(62(13,14)15)33-45(24-36)63(16,17)18)30-51-54(49)64(52)53-48(55(46)65)27-38(29-50(53)57(51)67)35-21-42(60(7,8)9)32-43(22-35)61(10,11)12/h19-33H,1-18H3. The van der Waals surface area contributed by atoms with Crippen molar-refractivity contribution >= 4 is 48.9 Å². The molecule has 0 bridgehead atoms. The highest BCUT2D eigenvalue weighted by molar-refractivity contribution is 6.18. The smallest absolute Gasteiger partial charge is 0.197 e. The predicted octanol–water partition coefficient (Wildman–Crippen LogP) is 15.7. The highest BCUT2D eigenvalue weighted by atomic mass is 16.1. The zero-order chi connectivity index (χ0) is 49.0. The highest BCUT2D eigenvalue weighted by Crippen LogP contribution is 2.42. The fourth-order valence-corrected chi connectivity index (χ4v) is 9.92. The van der Waals surface area contributed by atoms with E-state index in [0.29, 0.717) is 48.9 Å². The van der Waals surface area contributed by atoms with Gasteiger partial charge >= 0.3 is 0 Å². The zero-order valence-electron chi connectivity index (χ0n) is 43.3. The summed E-state index contributed by atoms with van der Waals surface area (Å²) >= 11 is 0. The first-order valence-corrected chi connectivity index (χ1v) is 24.2. The molecule has 3 aromatic heterocycles. The monoisotopic (exact) mass is 888 g/mol. The Morgan fingerprint density at radius 2 is 0.388 bits per heavy atom. The minimum Gasteiger partial charge on any atom is -0.306 e. The van der Waals surface area contributed by atoms with Crippen LogP contribution in [0, 0.1) is 0 Å². The summed E-state index contributed by atoms with van der Waals surface area (Å²) in [6, 6.07) is 32.2. The average Bonchev–Trinajstić information content (AvgIpc) is 3.22. The molecule has 3 heterocycles. The molecule has 0 atom stereocenters. The van der Waals surface area contributed by atoms with Crippen LogP contribution in [0.1, 0.15) is 158 Å². The van der Waals surface area contributed by atoms with Crippen LogP contribution in [0.5, 0.6) is 0 Å². The van der Waals surface area contributed by atoms with Gasteiger partial charge in [0.15, 0.2) is 16.3 Å². The van der Waals surface area contributed by atoms with Crippen LogP contribution in [0.2, 0.25) is 0 Å². The Kier molecular flexibility index (Phi) is 10.1. The Hall–Kier alpha value is -5.87. The molecule has 0 radical (unpaired) electrons. The van der Waals surface area contributed by atoms with Gasteiger partial charge in [-0.05, 0) is 136 Å². The molecule has 9 aromatic rings. The van der Waals surface area contributed by atoms with E-state index < -0.39 is 0 Å². The molecule has 9 rings (SSSR count). The van der Waals surface area contributed by atoms with Gasteiger partial charge in [0.1, 0.15) is 0 Å². The Labute approximate surface area is 397 Å². The summed E-state index contributed by atoms with van der Waals surface area (Å²) in [4.78, 5) is 46.6. The maximum absolute atomic E-state index is 15.5. The van der Waals surface area contributed by atoms with Crippen LogP contribution in [-0.2, 0) is 32.5 Å². The molecule has 6 aromatic carbocycles. The summed E-state index contributed by atoms with van der Waals surface area (Å²) < 4.78 is 2.09. The van der Waals surface area contributed by atoms with Gasteiger partial charge in [-0.2, -0.15) is 0 Å². The summed E-state index contributed by atoms with van der Waals surface area (Å²) in [5, 5.41) is 2.81. The molecule has 4 nitrogen and oxygen atoms in total. The Morgan fingerprint density at radius 3 is 0.537 bits per heavy atom. The number of benzene rings is 6. The number of aromatic nitrogens is 1. The largest absolute Gasteiger partial charge is 0.306 e. The fraction of sp³-hybridized carbons (Fsp3) is 0.381. The van der Waals surface area contributed by atoms with E-state index in [0.717, 1.165) is 33.4 Å². The quantitative estimate of drug-likeness (QED) is 0.131. The summed E-state index contributed by atoms with van der Waals surface area (Å²) in [6.07, 6.45) is 0. The second-order valence-corrected chi connectivity index (χ2v) is 26.0. The summed E-state index contributed by atoms with van der Waals surface area (Å²) in [5.74, 6) is 0. The summed E-state index contributed by atoms with van der Waals surface area (Å²) in [7, 11) is 0. The number of hydrogen-bond donors (Lipinski definition) is 0. The van der Waals surface area contributed by atoms with Crippen LogP contribution < -0.4 is 16.3 Å². The molecule has 0 amide bonds. The lowest BCUT2D eigenvalue weighted by Gasteiger charge is -2.27. The van der Waals surface area contributed by atoms with Crippen LogP contribution >= 0.6 is 0 Å². The average molecular weight is 888 g/mol. The van der Waals surface area contributed by atoms with E-state index in [4.69, 9.17) is 0 Å². The molecule has 0 fully saturated rings. The first-order chi connectivity index (χ1) is 30.7. The van der Waals surface area contributed by atoms with E-state index in [-0.39, 0.29) is 48.8 Å². The molecular weight excluding hydrogens is 819 g/mol. The Balaban J connectivity index is 1.49. The van der Waals surface area contributed by atoms with Crippen molar-refractivity contribution < 1.29 is 0 Å². The van der Waals surface area contributed by atoms with Gasteiger partial charge in [-0.1, -0.05) is 179 Å². The fourth-order valence-electron chi connectivity index (χ4n) is 9.92. The first kappa shape index (κ1) is 46.2. The van der Waals surface area contributed by atoms with Crippen molar-refractivity contribution in [2.75, 3.05) is 0 Å². The minimum atomic E-state index is -0.184. The number of nitrogens with zero attached hydrogens (tertiary/aromatic N) is 1. The van der Waals surface area contributed by atoms with Gasteiger partial charge in [0.25, 0.3) is 0 Å². The molecule has 0 aliphatic rings. The third kappa shape index (κ3) is 7.73. The topological polar surface area (TPSA) is 55.6 Å². The van der Waals surface area contributed by atoms with Gasteiger partial charge in [0.05, 0.1) is 16.6 Å². The van der Waals surface area contributed by atoms with Gasteiger partial charge in [0, 0.05) is 32.3 Å². The molecule has 0 aliphatic heterocycles. The van der Waals surface area contributed by atoms with E-state index in [2.05, 4.69) is 184 Å². The third-order valence-electron chi connectivity index (χ3n) is 14.5. The lowest BCUT2D eigenvalue weighted by atomic mass is 9.78. The molecule has 344 valence electrons. The zero-order valence-corrected chi connectivity index (χ0v) is 43.3. The van der Waals surface area contributed by atoms with Crippen LogP contribution in [0.3, 0.4) is 0 Å². The molecular formula is C63H69NO3. The predicted molar refractivity (Wildman–Crippen MR) is 288 cm³/mol. The normalized spacial score (nSPS) is 13.7. The molecule has 0 saturated carbocycles. The molecule has 4 heteroatoms. The van der Waals surface area contributed by atoms with Crippen molar-refractivity contribution in [1.29, 1.82) is 0 Å². The van der Waals surface area contributed by atoms with Crippen molar-refractivity contribution in [3.63, 3.8) is 0 Å². The van der Waals surface area contributed by atoms with E-state index in [1.54, 1.807) is 0 Å². The van der Waals surface area contributed by atoms with Crippen molar-refractivity contribution in [3.8, 4) is 33.4 Å². The number of hydrogen-bond acceptors (Lipinski definition) is 3.